The quantitative estimate of drug-likeness (QED) is 0.0134. The molecular formula is C50H86N16O11. The van der Waals surface area contributed by atoms with Crippen molar-refractivity contribution in [2.45, 2.75) is 159 Å². The third-order valence-corrected chi connectivity index (χ3v) is 12.6. The van der Waals surface area contributed by atoms with Gasteiger partial charge in [-0.25, -0.2) is 4.79 Å². The van der Waals surface area contributed by atoms with Crippen molar-refractivity contribution in [1.29, 1.82) is 0 Å². The van der Waals surface area contributed by atoms with Crippen LogP contribution in [0.25, 0.3) is 0 Å². The van der Waals surface area contributed by atoms with Crippen molar-refractivity contribution < 1.29 is 53.4 Å². The van der Waals surface area contributed by atoms with Gasteiger partial charge in [-0.05, 0) is 107 Å². The summed E-state index contributed by atoms with van der Waals surface area (Å²) in [5.74, 6) is -7.87. The molecule has 0 aliphatic carbocycles. The summed E-state index contributed by atoms with van der Waals surface area (Å²) in [6.45, 7) is 7.34. The summed E-state index contributed by atoms with van der Waals surface area (Å²) in [4.78, 5) is 126. The summed E-state index contributed by atoms with van der Waals surface area (Å²) < 4.78 is 0. The van der Waals surface area contributed by atoms with Crippen LogP contribution < -0.4 is 77.4 Å². The van der Waals surface area contributed by atoms with Crippen molar-refractivity contribution in [3.63, 3.8) is 0 Å². The predicted octanol–water partition coefficient (Wildman–Crippen LogP) is -4.53. The smallest absolute Gasteiger partial charge is 0.352 e. The Morgan fingerprint density at radius 2 is 1.38 bits per heavy atom. The number of nitrogens with one attached hydrogen (secondary N) is 7. The van der Waals surface area contributed by atoms with Crippen LogP contribution in [0.5, 0.6) is 0 Å². The molecule has 1 unspecified atom stereocenters. The maximum Gasteiger partial charge on any atom is 0.352 e. The summed E-state index contributed by atoms with van der Waals surface area (Å²) in [7, 11) is 0. The van der Waals surface area contributed by atoms with Gasteiger partial charge in [0.1, 0.15) is 41.9 Å². The van der Waals surface area contributed by atoms with E-state index in [0.717, 1.165) is 5.56 Å². The molecular weight excluding hydrogens is 1000 g/mol. The van der Waals surface area contributed by atoms with Gasteiger partial charge < -0.3 is 92.5 Å². The number of aliphatic carboxylic acids is 1. The number of unbranched alkanes of at least 4 members (excludes halogenated alkanes) is 2. The molecule has 1 aromatic carbocycles. The van der Waals surface area contributed by atoms with Crippen LogP contribution in [0.4, 0.5) is 0 Å². The summed E-state index contributed by atoms with van der Waals surface area (Å²) in [6, 6.07) is -1.32. The Morgan fingerprint density at radius 3 is 1.96 bits per heavy atom. The molecule has 0 radical (unpaired) electrons. The van der Waals surface area contributed by atoms with Crippen molar-refractivity contribution in [3.05, 3.63) is 47.2 Å². The molecule has 8 atom stereocenters. The van der Waals surface area contributed by atoms with Crippen molar-refractivity contribution in [2.75, 3.05) is 45.8 Å². The van der Waals surface area contributed by atoms with Crippen molar-refractivity contribution in [2.24, 2.45) is 45.1 Å². The second-order valence-corrected chi connectivity index (χ2v) is 19.9. The number of carbonyl (C=O) groups excluding carboxylic acids is 8. The number of benzene rings is 1. The molecule has 1 aromatic rings. The number of rotatable bonds is 34. The minimum atomic E-state index is -1.56. The van der Waals surface area contributed by atoms with Gasteiger partial charge in [-0.3, -0.25) is 43.3 Å². The second-order valence-electron chi connectivity index (χ2n) is 19.9. The Balaban J connectivity index is 2.32. The third-order valence-electron chi connectivity index (χ3n) is 12.6. The van der Waals surface area contributed by atoms with E-state index in [9.17, 15) is 53.4 Å². The van der Waals surface area contributed by atoms with Crippen molar-refractivity contribution in [3.8, 4) is 0 Å². The number of carboxylic acid groups (broad SMARTS) is 1. The van der Waals surface area contributed by atoms with Gasteiger partial charge in [0.25, 0.3) is 0 Å². The number of guanidine groups is 1. The maximum atomic E-state index is 14.4. The Hall–Kier alpha value is -6.78. The fourth-order valence-corrected chi connectivity index (χ4v) is 8.09. The Kier molecular flexibility index (Phi) is 29.4. The molecule has 77 heavy (non-hydrogen) atoms. The minimum Gasteiger partial charge on any atom is -0.477 e. The highest BCUT2D eigenvalue weighted by molar-refractivity contribution is 5.99. The summed E-state index contributed by atoms with van der Waals surface area (Å²) in [5, 5.41) is 37.9. The Morgan fingerprint density at radius 1 is 0.753 bits per heavy atom. The van der Waals surface area contributed by atoms with E-state index in [0.29, 0.717) is 44.2 Å². The van der Waals surface area contributed by atoms with E-state index in [-0.39, 0.29) is 82.5 Å². The lowest BCUT2D eigenvalue weighted by Crippen LogP contribution is -2.60. The fraction of sp³-hybridized carbons (Fsp3) is 0.640. The number of aliphatic hydroxyl groups is 1. The Labute approximate surface area is 450 Å². The van der Waals surface area contributed by atoms with Gasteiger partial charge >= 0.3 is 5.97 Å². The van der Waals surface area contributed by atoms with Gasteiger partial charge in [0.2, 0.25) is 47.3 Å². The number of nitrogens with zero attached hydrogens (tertiary/aromatic N) is 2. The molecule has 2 rings (SSSR count). The van der Waals surface area contributed by atoms with Gasteiger partial charge in [-0.2, -0.15) is 0 Å². The zero-order valence-corrected chi connectivity index (χ0v) is 44.9. The predicted molar refractivity (Wildman–Crippen MR) is 288 cm³/mol. The normalized spacial score (nSPS) is 16.3. The van der Waals surface area contributed by atoms with Crippen LogP contribution in [0, 0.1) is 0 Å². The van der Waals surface area contributed by atoms with Gasteiger partial charge in [0, 0.05) is 26.1 Å². The first-order valence-corrected chi connectivity index (χ1v) is 26.1. The average molecular weight is 1090 g/mol. The first kappa shape index (κ1) is 66.3. The number of carbonyl (C=O) groups is 9. The number of aliphatic imine (C=N–C) groups is 1. The number of likely N-dealkylation sites (tertiary alicyclic amines) is 1. The summed E-state index contributed by atoms with van der Waals surface area (Å²) >= 11 is 0. The lowest BCUT2D eigenvalue weighted by atomic mass is 9.86. The van der Waals surface area contributed by atoms with Crippen LogP contribution in [0.3, 0.4) is 0 Å². The SMILES string of the molecule is C[C@H](NC(=O)[C@@H](NC(=O)[C@@H](N)CCCCN)[C@@H](O)CN)C(=O)NCC(=O)N[C@H](CCCN)C(=O)N1CCC[C@H]1C(=O)NC(Cc1ccc(C(C)(C)C)cc1)C(=O)N[C@@H](CCCCN)C(=O)N/C(=C\CCN=C(N)N)C(=O)O. The lowest BCUT2D eigenvalue weighted by molar-refractivity contribution is -0.142. The first-order chi connectivity index (χ1) is 36.4. The van der Waals surface area contributed by atoms with Gasteiger partial charge in [-0.15, -0.1) is 0 Å². The largest absolute Gasteiger partial charge is 0.477 e. The maximum absolute atomic E-state index is 14.4. The molecule has 1 aliphatic heterocycles. The van der Waals surface area contributed by atoms with E-state index in [4.69, 9.17) is 40.1 Å². The molecule has 0 aromatic heterocycles. The van der Waals surface area contributed by atoms with E-state index in [1.807, 2.05) is 45.0 Å². The molecule has 1 fully saturated rings. The molecule has 0 spiro atoms. The van der Waals surface area contributed by atoms with Crippen LogP contribution in [0.2, 0.25) is 0 Å². The number of hydrogen-bond donors (Lipinski definition) is 16. The molecule has 0 bridgehead atoms. The zero-order valence-electron chi connectivity index (χ0n) is 44.9. The molecule has 1 heterocycles. The molecule has 8 amide bonds. The minimum absolute atomic E-state index is 0.0456. The van der Waals surface area contributed by atoms with Gasteiger partial charge in [0.15, 0.2) is 5.96 Å². The molecule has 0 saturated carbocycles. The molecule has 27 heteroatoms. The number of amides is 8. The highest BCUT2D eigenvalue weighted by Gasteiger charge is 2.40. The van der Waals surface area contributed by atoms with E-state index in [2.05, 4.69) is 42.2 Å². The van der Waals surface area contributed by atoms with Crippen LogP contribution in [0.15, 0.2) is 41.0 Å². The van der Waals surface area contributed by atoms with Crippen LogP contribution >= 0.6 is 0 Å². The molecule has 27 nitrogen and oxygen atoms in total. The highest BCUT2D eigenvalue weighted by Crippen LogP contribution is 2.24. The average Bonchev–Trinajstić information content (AvgIpc) is 3.88. The lowest BCUT2D eigenvalue weighted by Gasteiger charge is -2.30. The van der Waals surface area contributed by atoms with E-state index in [1.54, 1.807) is 0 Å². The number of aliphatic hydroxyl groups excluding tert-OH is 1. The monoisotopic (exact) mass is 1090 g/mol. The topological polar surface area (TPSA) is 476 Å². The molecule has 1 aliphatic rings. The first-order valence-electron chi connectivity index (χ1n) is 26.1. The van der Waals surface area contributed by atoms with Crippen LogP contribution in [-0.4, -0.2) is 169 Å². The van der Waals surface area contributed by atoms with Crippen LogP contribution in [-0.2, 0) is 55.0 Å². The fourth-order valence-electron chi connectivity index (χ4n) is 8.09. The Bertz CT molecular complexity index is 2190. The second kappa shape index (κ2) is 34.1. The van der Waals surface area contributed by atoms with Crippen molar-refractivity contribution >= 4 is 59.2 Å². The highest BCUT2D eigenvalue weighted by atomic mass is 16.4. The molecule has 432 valence electrons. The third kappa shape index (κ3) is 23.6. The molecule has 1 saturated heterocycles. The summed E-state index contributed by atoms with van der Waals surface area (Å²) in [6.07, 6.45) is 2.97. The van der Waals surface area contributed by atoms with E-state index >= 15 is 0 Å². The number of hydrogen-bond acceptors (Lipinski definition) is 16. The van der Waals surface area contributed by atoms with E-state index < -0.39 is 120 Å². The standard InChI is InChI=1S/C50H86N16O11/c1-29(60-46(74)40(38(67)27-54)65-42(70)32(55)12-5-7-21-51)41(69)59-28-39(68)61-34(14-9-23-53)47(75)66-25-11-16-37(66)45(73)64-36(26-30-17-19-31(20-18-30)50(2,3)4)44(72)62-33(13-6-8-22-52)43(71)63-35(48(76)77)15-10-24-58-49(56)57/h15,17-20,29,32-34,36-38,40,67H,5-14,16,21-28,51-55H2,1-4H3,(H,59,69)(H,60,74)(H,61,68)(H,62,72)(H,63,71)(H,64,73)(H,65,70)(H,76,77)(H4,56,57,58)/b35-15-/t29-,32-,33-,34+,36?,37-,38-,40-/m0/s1. The van der Waals surface area contributed by atoms with Crippen LogP contribution in [0.1, 0.15) is 109 Å². The number of nitrogens with two attached hydrogens (primary N) is 7. The summed E-state index contributed by atoms with van der Waals surface area (Å²) in [5.41, 5.74) is 40.3. The van der Waals surface area contributed by atoms with Gasteiger partial charge in [-0.1, -0.05) is 57.5 Å². The van der Waals surface area contributed by atoms with Crippen molar-refractivity contribution in [1.82, 2.24) is 42.1 Å². The van der Waals surface area contributed by atoms with E-state index in [1.165, 1.54) is 17.9 Å². The zero-order chi connectivity index (χ0) is 57.8. The number of carboxylic acids is 1. The molecule has 23 N–H and O–H groups in total. The van der Waals surface area contributed by atoms with Gasteiger partial charge in [0.05, 0.1) is 18.7 Å².